The standard InChI is InChI=1S/C15H26N4O2S/c1-5-11-10(4)22-13(19-11)6-7-17-12(20)8-18-15(21)14(16)9(2)3/h9,14H,5-8,16H2,1-4H3,(H,17,20)(H,18,21)/t14-/m0/s1. The molecular weight excluding hydrogens is 300 g/mol. The Bertz CT molecular complexity index is 514. The van der Waals surface area contributed by atoms with Gasteiger partial charge in [-0.1, -0.05) is 20.8 Å². The molecule has 0 fully saturated rings. The molecule has 1 aromatic heterocycles. The van der Waals surface area contributed by atoms with Crippen LogP contribution < -0.4 is 16.4 Å². The maximum Gasteiger partial charge on any atom is 0.239 e. The fourth-order valence-corrected chi connectivity index (χ4v) is 2.90. The van der Waals surface area contributed by atoms with E-state index >= 15 is 0 Å². The number of carbonyl (C=O) groups is 2. The Morgan fingerprint density at radius 3 is 2.55 bits per heavy atom. The van der Waals surface area contributed by atoms with Crippen molar-refractivity contribution in [2.45, 2.75) is 46.6 Å². The number of hydrogen-bond acceptors (Lipinski definition) is 5. The van der Waals surface area contributed by atoms with Gasteiger partial charge >= 0.3 is 0 Å². The summed E-state index contributed by atoms with van der Waals surface area (Å²) in [5.74, 6) is -0.467. The van der Waals surface area contributed by atoms with Crippen molar-refractivity contribution in [1.29, 1.82) is 0 Å². The van der Waals surface area contributed by atoms with Crippen LogP contribution in [0.4, 0.5) is 0 Å². The molecule has 6 nitrogen and oxygen atoms in total. The van der Waals surface area contributed by atoms with Gasteiger partial charge in [-0.05, 0) is 19.3 Å². The molecule has 4 N–H and O–H groups in total. The fraction of sp³-hybridized carbons (Fsp3) is 0.667. The summed E-state index contributed by atoms with van der Waals surface area (Å²) in [6.07, 6.45) is 1.63. The number of carbonyl (C=O) groups excluding carboxylic acids is 2. The van der Waals surface area contributed by atoms with E-state index in [-0.39, 0.29) is 24.3 Å². The van der Waals surface area contributed by atoms with Crippen LogP contribution in [0.15, 0.2) is 0 Å². The van der Waals surface area contributed by atoms with Crippen LogP contribution in [0.25, 0.3) is 0 Å². The topological polar surface area (TPSA) is 97.1 Å². The Kier molecular flexibility index (Phi) is 7.47. The number of thiazole rings is 1. The van der Waals surface area contributed by atoms with E-state index in [4.69, 9.17) is 5.73 Å². The van der Waals surface area contributed by atoms with Gasteiger partial charge in [0.1, 0.15) is 0 Å². The third kappa shape index (κ3) is 5.73. The van der Waals surface area contributed by atoms with Crippen molar-refractivity contribution in [2.75, 3.05) is 13.1 Å². The van der Waals surface area contributed by atoms with Gasteiger partial charge in [-0.2, -0.15) is 0 Å². The molecule has 0 radical (unpaired) electrons. The van der Waals surface area contributed by atoms with Crippen LogP contribution in [0.3, 0.4) is 0 Å². The van der Waals surface area contributed by atoms with Crippen molar-refractivity contribution in [2.24, 2.45) is 11.7 Å². The summed E-state index contributed by atoms with van der Waals surface area (Å²) in [5.41, 5.74) is 6.83. The van der Waals surface area contributed by atoms with Crippen molar-refractivity contribution in [3.63, 3.8) is 0 Å². The molecule has 0 saturated carbocycles. The van der Waals surface area contributed by atoms with E-state index in [0.29, 0.717) is 13.0 Å². The molecule has 0 spiro atoms. The van der Waals surface area contributed by atoms with Crippen LogP contribution in [0.1, 0.15) is 36.3 Å². The van der Waals surface area contributed by atoms with Gasteiger partial charge < -0.3 is 16.4 Å². The Morgan fingerprint density at radius 1 is 1.32 bits per heavy atom. The van der Waals surface area contributed by atoms with E-state index in [1.54, 1.807) is 11.3 Å². The summed E-state index contributed by atoms with van der Waals surface area (Å²) in [6, 6.07) is -0.585. The van der Waals surface area contributed by atoms with Crippen molar-refractivity contribution in [3.05, 3.63) is 15.6 Å². The zero-order chi connectivity index (χ0) is 16.7. The number of aromatic nitrogens is 1. The SMILES string of the molecule is CCc1nc(CCNC(=O)CNC(=O)[C@@H](N)C(C)C)sc1C. The first-order valence-corrected chi connectivity index (χ1v) is 8.42. The van der Waals surface area contributed by atoms with Crippen molar-refractivity contribution < 1.29 is 9.59 Å². The van der Waals surface area contributed by atoms with Gasteiger partial charge in [-0.3, -0.25) is 9.59 Å². The normalized spacial score (nSPS) is 12.3. The Hall–Kier alpha value is -1.47. The minimum absolute atomic E-state index is 0.0453. The second kappa shape index (κ2) is 8.85. The minimum Gasteiger partial charge on any atom is -0.354 e. The largest absolute Gasteiger partial charge is 0.354 e. The summed E-state index contributed by atoms with van der Waals surface area (Å²) in [4.78, 5) is 29.1. The number of nitrogens with one attached hydrogen (secondary N) is 2. The molecule has 1 atom stereocenters. The lowest BCUT2D eigenvalue weighted by atomic mass is 10.1. The lowest BCUT2D eigenvalue weighted by Crippen LogP contribution is -2.47. The smallest absolute Gasteiger partial charge is 0.239 e. The van der Waals surface area contributed by atoms with Crippen LogP contribution >= 0.6 is 11.3 Å². The average Bonchev–Trinajstić information content (AvgIpc) is 2.83. The minimum atomic E-state index is -0.585. The van der Waals surface area contributed by atoms with Crippen molar-refractivity contribution >= 4 is 23.2 Å². The van der Waals surface area contributed by atoms with Gasteiger partial charge in [-0.15, -0.1) is 11.3 Å². The summed E-state index contributed by atoms with van der Waals surface area (Å²) >= 11 is 1.67. The second-order valence-electron chi connectivity index (χ2n) is 5.55. The van der Waals surface area contributed by atoms with Gasteiger partial charge in [0.05, 0.1) is 23.3 Å². The van der Waals surface area contributed by atoms with E-state index in [1.165, 1.54) is 4.88 Å². The third-order valence-electron chi connectivity index (χ3n) is 3.38. The predicted octanol–water partition coefficient (Wildman–Crippen LogP) is 0.772. The number of hydrogen-bond donors (Lipinski definition) is 3. The maximum absolute atomic E-state index is 11.7. The average molecular weight is 326 g/mol. The third-order valence-corrected chi connectivity index (χ3v) is 4.45. The summed E-state index contributed by atoms with van der Waals surface area (Å²) in [5, 5.41) is 6.35. The zero-order valence-electron chi connectivity index (χ0n) is 13.7. The molecule has 0 aliphatic carbocycles. The first-order chi connectivity index (χ1) is 10.3. The van der Waals surface area contributed by atoms with Crippen molar-refractivity contribution in [3.8, 4) is 0 Å². The number of nitrogens with two attached hydrogens (primary N) is 1. The maximum atomic E-state index is 11.7. The van der Waals surface area contributed by atoms with Crippen LogP contribution in [0, 0.1) is 12.8 Å². The highest BCUT2D eigenvalue weighted by Crippen LogP contribution is 2.17. The molecular formula is C15H26N4O2S. The summed E-state index contributed by atoms with van der Waals surface area (Å²) in [6.45, 7) is 8.34. The number of aryl methyl sites for hydroxylation is 2. The molecule has 2 amide bonds. The van der Waals surface area contributed by atoms with Gasteiger partial charge in [-0.25, -0.2) is 4.98 Å². The molecule has 0 saturated heterocycles. The van der Waals surface area contributed by atoms with E-state index in [2.05, 4.69) is 29.5 Å². The second-order valence-corrected chi connectivity index (χ2v) is 6.84. The zero-order valence-corrected chi connectivity index (χ0v) is 14.5. The monoisotopic (exact) mass is 326 g/mol. The lowest BCUT2D eigenvalue weighted by Gasteiger charge is -2.15. The highest BCUT2D eigenvalue weighted by molar-refractivity contribution is 7.11. The van der Waals surface area contributed by atoms with Crippen molar-refractivity contribution in [1.82, 2.24) is 15.6 Å². The molecule has 7 heteroatoms. The molecule has 0 bridgehead atoms. The molecule has 1 rings (SSSR count). The Balaban J connectivity index is 2.27. The molecule has 0 unspecified atom stereocenters. The Labute approximate surface area is 135 Å². The number of amides is 2. The first-order valence-electron chi connectivity index (χ1n) is 7.60. The van der Waals surface area contributed by atoms with Gasteiger partial charge in [0.2, 0.25) is 11.8 Å². The van der Waals surface area contributed by atoms with E-state index in [0.717, 1.165) is 17.1 Å². The first kappa shape index (κ1) is 18.6. The van der Waals surface area contributed by atoms with E-state index < -0.39 is 6.04 Å². The lowest BCUT2D eigenvalue weighted by molar-refractivity contribution is -0.127. The predicted molar refractivity (Wildman–Crippen MR) is 88.8 cm³/mol. The van der Waals surface area contributed by atoms with Crippen LogP contribution in [-0.2, 0) is 22.4 Å². The van der Waals surface area contributed by atoms with Crippen LogP contribution in [0.2, 0.25) is 0 Å². The Morgan fingerprint density at radius 2 is 2.00 bits per heavy atom. The van der Waals surface area contributed by atoms with E-state index in [9.17, 15) is 9.59 Å². The number of nitrogens with zero attached hydrogens (tertiary/aromatic N) is 1. The van der Waals surface area contributed by atoms with Gasteiger partial charge in [0.25, 0.3) is 0 Å². The van der Waals surface area contributed by atoms with E-state index in [1.807, 2.05) is 13.8 Å². The molecule has 1 aromatic rings. The molecule has 1 heterocycles. The summed E-state index contributed by atoms with van der Waals surface area (Å²) in [7, 11) is 0. The highest BCUT2D eigenvalue weighted by Gasteiger charge is 2.17. The molecule has 0 aliphatic rings. The fourth-order valence-electron chi connectivity index (χ4n) is 1.88. The molecule has 0 aliphatic heterocycles. The van der Waals surface area contributed by atoms with Gasteiger partial charge in [0, 0.05) is 17.8 Å². The molecule has 124 valence electrons. The van der Waals surface area contributed by atoms with Crippen LogP contribution in [-0.4, -0.2) is 35.9 Å². The molecule has 0 aromatic carbocycles. The van der Waals surface area contributed by atoms with Gasteiger partial charge in [0.15, 0.2) is 0 Å². The quantitative estimate of drug-likeness (QED) is 0.657. The van der Waals surface area contributed by atoms with Crippen LogP contribution in [0.5, 0.6) is 0 Å². The highest BCUT2D eigenvalue weighted by atomic mass is 32.1. The number of rotatable bonds is 8. The molecule has 22 heavy (non-hydrogen) atoms. The summed E-state index contributed by atoms with van der Waals surface area (Å²) < 4.78 is 0.